The highest BCUT2D eigenvalue weighted by atomic mass is 32.1. The zero-order chi connectivity index (χ0) is 12.7. The molecule has 3 N–H and O–H groups in total. The van der Waals surface area contributed by atoms with Crippen molar-refractivity contribution in [3.8, 4) is 0 Å². The Balaban J connectivity index is 2.34. The average Bonchev–Trinajstić information content (AvgIpc) is 2.58. The normalized spacial score (nSPS) is 15.9. The third kappa shape index (κ3) is 1.78. The number of pyridine rings is 1. The summed E-state index contributed by atoms with van der Waals surface area (Å²) in [5.74, 6) is 1.10. The molecular formula is C13H18N4S. The number of nitrogens with two attached hydrogens (primary N) is 1. The quantitative estimate of drug-likeness (QED) is 0.826. The summed E-state index contributed by atoms with van der Waals surface area (Å²) in [6, 6.07) is 0. The van der Waals surface area contributed by atoms with Crippen molar-refractivity contribution in [1.82, 2.24) is 14.7 Å². The predicted molar refractivity (Wildman–Crippen MR) is 76.2 cm³/mol. The third-order valence-electron chi connectivity index (χ3n) is 3.55. The molecule has 0 saturated heterocycles. The molecule has 0 aliphatic carbocycles. The molecule has 0 bridgehead atoms. The fourth-order valence-corrected chi connectivity index (χ4v) is 3.45. The Morgan fingerprint density at radius 2 is 1.94 bits per heavy atom. The maximum Gasteiger partial charge on any atom is 0.146 e. The minimum Gasteiger partial charge on any atom is -0.382 e. The van der Waals surface area contributed by atoms with Gasteiger partial charge < -0.3 is 11.1 Å². The van der Waals surface area contributed by atoms with E-state index in [0.717, 1.165) is 36.1 Å². The van der Waals surface area contributed by atoms with Crippen LogP contribution in [0.1, 0.15) is 36.6 Å². The van der Waals surface area contributed by atoms with Crippen molar-refractivity contribution >= 4 is 27.6 Å². The van der Waals surface area contributed by atoms with Gasteiger partial charge in [-0.25, -0.2) is 4.98 Å². The molecule has 3 rings (SSSR count). The number of fused-ring (bicyclic) bond motifs is 3. The molecule has 2 aromatic heterocycles. The minimum absolute atomic E-state index is 0.449. The van der Waals surface area contributed by atoms with Gasteiger partial charge in [-0.3, -0.25) is 0 Å². The lowest BCUT2D eigenvalue weighted by Crippen LogP contribution is -2.16. The van der Waals surface area contributed by atoms with Gasteiger partial charge in [0, 0.05) is 5.69 Å². The Morgan fingerprint density at radius 1 is 1.22 bits per heavy atom. The van der Waals surface area contributed by atoms with Gasteiger partial charge in [-0.05, 0) is 54.5 Å². The van der Waals surface area contributed by atoms with Crippen molar-refractivity contribution in [2.75, 3.05) is 18.8 Å². The number of aromatic nitrogens is 2. The maximum absolute atomic E-state index is 6.02. The van der Waals surface area contributed by atoms with E-state index in [1.165, 1.54) is 28.4 Å². The molecule has 0 saturated carbocycles. The van der Waals surface area contributed by atoms with Crippen LogP contribution < -0.4 is 11.1 Å². The third-order valence-corrected chi connectivity index (χ3v) is 4.30. The van der Waals surface area contributed by atoms with E-state index >= 15 is 0 Å². The maximum atomic E-state index is 6.02. The molecular weight excluding hydrogens is 244 g/mol. The molecule has 0 amide bonds. The summed E-state index contributed by atoms with van der Waals surface area (Å²) in [5.41, 5.74) is 10.0. The molecule has 3 heterocycles. The van der Waals surface area contributed by atoms with Crippen LogP contribution in [0, 0.1) is 0 Å². The SMILES string of the molecule is CC(C)c1nc2snc(N)c2c2c1CCNCC2. The summed E-state index contributed by atoms with van der Waals surface area (Å²) in [6.45, 7) is 6.45. The molecule has 0 unspecified atom stereocenters. The van der Waals surface area contributed by atoms with E-state index in [1.807, 2.05) is 0 Å². The highest BCUT2D eigenvalue weighted by molar-refractivity contribution is 7.13. The average molecular weight is 262 g/mol. The lowest BCUT2D eigenvalue weighted by Gasteiger charge is -2.15. The van der Waals surface area contributed by atoms with E-state index < -0.39 is 0 Å². The van der Waals surface area contributed by atoms with E-state index in [1.54, 1.807) is 0 Å². The van der Waals surface area contributed by atoms with Gasteiger partial charge in [0.05, 0.1) is 5.39 Å². The highest BCUT2D eigenvalue weighted by Crippen LogP contribution is 2.34. The number of hydrogen-bond donors (Lipinski definition) is 2. The first-order chi connectivity index (χ1) is 8.68. The van der Waals surface area contributed by atoms with Gasteiger partial charge in [0.25, 0.3) is 0 Å². The zero-order valence-corrected chi connectivity index (χ0v) is 11.6. The number of anilines is 1. The zero-order valence-electron chi connectivity index (χ0n) is 10.8. The number of nitrogens with one attached hydrogen (secondary N) is 1. The summed E-state index contributed by atoms with van der Waals surface area (Å²) in [7, 11) is 0. The van der Waals surface area contributed by atoms with Crippen LogP contribution in [-0.2, 0) is 12.8 Å². The topological polar surface area (TPSA) is 63.8 Å². The van der Waals surface area contributed by atoms with Crippen molar-refractivity contribution in [3.05, 3.63) is 16.8 Å². The largest absolute Gasteiger partial charge is 0.382 e. The van der Waals surface area contributed by atoms with Gasteiger partial charge in [-0.1, -0.05) is 13.8 Å². The van der Waals surface area contributed by atoms with E-state index in [0.29, 0.717) is 11.7 Å². The van der Waals surface area contributed by atoms with Crippen molar-refractivity contribution in [2.45, 2.75) is 32.6 Å². The number of rotatable bonds is 1. The second-order valence-electron chi connectivity index (χ2n) is 5.11. The van der Waals surface area contributed by atoms with Crippen LogP contribution in [0.15, 0.2) is 0 Å². The Bertz CT molecular complexity index is 588. The second-order valence-corrected chi connectivity index (χ2v) is 5.86. The van der Waals surface area contributed by atoms with Crippen molar-refractivity contribution < 1.29 is 0 Å². The highest BCUT2D eigenvalue weighted by Gasteiger charge is 2.21. The summed E-state index contributed by atoms with van der Waals surface area (Å²) in [4.78, 5) is 5.80. The van der Waals surface area contributed by atoms with Gasteiger partial charge in [-0.15, -0.1) is 0 Å². The number of nitrogen functional groups attached to an aromatic ring is 1. The molecule has 4 nitrogen and oxygen atoms in total. The fraction of sp³-hybridized carbons (Fsp3) is 0.538. The first kappa shape index (κ1) is 11.9. The van der Waals surface area contributed by atoms with E-state index in [9.17, 15) is 0 Å². The number of nitrogens with zero attached hydrogens (tertiary/aromatic N) is 2. The fourth-order valence-electron chi connectivity index (χ4n) is 2.72. The van der Waals surface area contributed by atoms with Crippen molar-refractivity contribution in [1.29, 1.82) is 0 Å². The minimum atomic E-state index is 0.449. The molecule has 0 radical (unpaired) electrons. The molecule has 2 aromatic rings. The Hall–Kier alpha value is -1.20. The van der Waals surface area contributed by atoms with Crippen molar-refractivity contribution in [2.24, 2.45) is 0 Å². The van der Waals surface area contributed by atoms with Crippen molar-refractivity contribution in [3.63, 3.8) is 0 Å². The van der Waals surface area contributed by atoms with Gasteiger partial charge in [0.2, 0.25) is 0 Å². The molecule has 1 aliphatic rings. The van der Waals surface area contributed by atoms with Crippen LogP contribution in [-0.4, -0.2) is 22.4 Å². The van der Waals surface area contributed by atoms with Gasteiger partial charge in [0.15, 0.2) is 0 Å². The van der Waals surface area contributed by atoms with E-state index in [2.05, 4.69) is 23.5 Å². The van der Waals surface area contributed by atoms with Gasteiger partial charge in [0.1, 0.15) is 10.6 Å². The van der Waals surface area contributed by atoms with Crippen LogP contribution in [0.4, 0.5) is 5.82 Å². The molecule has 0 aromatic carbocycles. The van der Waals surface area contributed by atoms with E-state index in [4.69, 9.17) is 10.7 Å². The molecule has 5 heteroatoms. The summed E-state index contributed by atoms with van der Waals surface area (Å²) in [5, 5.41) is 4.55. The molecule has 0 fully saturated rings. The lowest BCUT2D eigenvalue weighted by molar-refractivity contribution is 0.707. The summed E-state index contributed by atoms with van der Waals surface area (Å²) < 4.78 is 4.27. The van der Waals surface area contributed by atoms with Crippen LogP contribution in [0.25, 0.3) is 10.2 Å². The Labute approximate surface area is 111 Å². The van der Waals surface area contributed by atoms with Gasteiger partial charge in [-0.2, -0.15) is 4.37 Å². The standard InChI is InChI=1S/C13H18N4S/c1-7(2)11-9-4-6-15-5-3-8(9)10-12(14)17-18-13(10)16-11/h7,15H,3-6H2,1-2H3,(H2,14,17). The molecule has 0 spiro atoms. The monoisotopic (exact) mass is 262 g/mol. The Kier molecular flexibility index (Phi) is 2.95. The summed E-state index contributed by atoms with van der Waals surface area (Å²) >= 11 is 1.42. The first-order valence-corrected chi connectivity index (χ1v) is 7.23. The van der Waals surface area contributed by atoms with E-state index in [-0.39, 0.29) is 0 Å². The first-order valence-electron chi connectivity index (χ1n) is 6.45. The van der Waals surface area contributed by atoms with Gasteiger partial charge >= 0.3 is 0 Å². The molecule has 1 aliphatic heterocycles. The smallest absolute Gasteiger partial charge is 0.146 e. The molecule has 96 valence electrons. The predicted octanol–water partition coefficient (Wildman–Crippen LogP) is 2.09. The second kappa shape index (κ2) is 4.48. The lowest BCUT2D eigenvalue weighted by atomic mass is 9.94. The molecule has 0 atom stereocenters. The molecule has 18 heavy (non-hydrogen) atoms. The van der Waals surface area contributed by atoms with Crippen LogP contribution >= 0.6 is 11.5 Å². The summed E-state index contributed by atoms with van der Waals surface area (Å²) in [6.07, 6.45) is 2.07. The number of hydrogen-bond acceptors (Lipinski definition) is 5. The Morgan fingerprint density at radius 3 is 2.67 bits per heavy atom. The van der Waals surface area contributed by atoms with Crippen LogP contribution in [0.3, 0.4) is 0 Å². The van der Waals surface area contributed by atoms with Crippen LogP contribution in [0.5, 0.6) is 0 Å². The van der Waals surface area contributed by atoms with Crippen LogP contribution in [0.2, 0.25) is 0 Å².